The normalized spacial score (nSPS) is 17.1. The first-order chi connectivity index (χ1) is 14.8. The van der Waals surface area contributed by atoms with Gasteiger partial charge in [0.25, 0.3) is 0 Å². The molecule has 0 aromatic heterocycles. The Morgan fingerprint density at radius 2 is 1.77 bits per heavy atom. The third-order valence-corrected chi connectivity index (χ3v) is 5.91. The van der Waals surface area contributed by atoms with Crippen LogP contribution in [-0.2, 0) is 13.0 Å². The van der Waals surface area contributed by atoms with Crippen molar-refractivity contribution in [3.8, 4) is 11.5 Å². The minimum Gasteiger partial charge on any atom is -0.493 e. The van der Waals surface area contributed by atoms with Gasteiger partial charge in [0.15, 0.2) is 11.5 Å². The number of methoxy groups -OCH3 is 2. The maximum atomic E-state index is 12.5. The van der Waals surface area contributed by atoms with Crippen LogP contribution in [0.25, 0.3) is 0 Å². The van der Waals surface area contributed by atoms with E-state index in [0.29, 0.717) is 5.75 Å². The Hall–Kier alpha value is -2.73. The number of nitrogens with one attached hydrogen (secondary N) is 2. The smallest absolute Gasteiger partial charge is 0.315 e. The number of amides is 2. The van der Waals surface area contributed by atoms with Crippen molar-refractivity contribution in [2.24, 2.45) is 0 Å². The molecule has 0 spiro atoms. The highest BCUT2D eigenvalue weighted by molar-refractivity contribution is 5.74. The van der Waals surface area contributed by atoms with E-state index in [4.69, 9.17) is 9.47 Å². The van der Waals surface area contributed by atoms with Gasteiger partial charge in [0.1, 0.15) is 0 Å². The Labute approximate surface area is 185 Å². The number of carbonyl (C=O) groups is 1. The van der Waals surface area contributed by atoms with Crippen molar-refractivity contribution in [1.29, 1.82) is 0 Å². The van der Waals surface area contributed by atoms with Gasteiger partial charge in [-0.2, -0.15) is 0 Å². The lowest BCUT2D eigenvalue weighted by Crippen LogP contribution is -2.50. The number of nitrogens with zero attached hydrogens (tertiary/aromatic N) is 1. The number of carbonyl (C=O) groups excluding carboxylic acids is 1. The summed E-state index contributed by atoms with van der Waals surface area (Å²) in [5.41, 5.74) is 4.99. The lowest BCUT2D eigenvalue weighted by Gasteiger charge is -2.41. The van der Waals surface area contributed by atoms with E-state index in [9.17, 15) is 4.79 Å². The van der Waals surface area contributed by atoms with Crippen LogP contribution in [0.2, 0.25) is 0 Å². The molecule has 0 unspecified atom stereocenters. The molecule has 3 rings (SSSR count). The number of hydrogen-bond acceptors (Lipinski definition) is 4. The molecule has 168 valence electrons. The lowest BCUT2D eigenvalue weighted by molar-refractivity contribution is 0.142. The summed E-state index contributed by atoms with van der Waals surface area (Å²) in [5, 5.41) is 6.09. The summed E-state index contributed by atoms with van der Waals surface area (Å²) in [7, 11) is 3.32. The second kappa shape index (κ2) is 10.1. The number of urea groups is 1. The van der Waals surface area contributed by atoms with Crippen LogP contribution in [0.15, 0.2) is 36.4 Å². The predicted octanol–water partition coefficient (Wildman–Crippen LogP) is 4.21. The molecule has 0 saturated heterocycles. The van der Waals surface area contributed by atoms with Gasteiger partial charge >= 0.3 is 6.03 Å². The molecule has 0 bridgehead atoms. The Bertz CT molecular complexity index is 913. The summed E-state index contributed by atoms with van der Waals surface area (Å²) in [6.07, 6.45) is 0.920. The van der Waals surface area contributed by atoms with Gasteiger partial charge in [0, 0.05) is 25.2 Å². The van der Waals surface area contributed by atoms with Crippen molar-refractivity contribution in [3.63, 3.8) is 0 Å². The van der Waals surface area contributed by atoms with Crippen LogP contribution in [0.5, 0.6) is 11.5 Å². The van der Waals surface area contributed by atoms with E-state index in [-0.39, 0.29) is 24.2 Å². The van der Waals surface area contributed by atoms with Crippen molar-refractivity contribution in [2.75, 3.05) is 20.8 Å². The lowest BCUT2D eigenvalue weighted by atomic mass is 9.87. The second-order valence-electron chi connectivity index (χ2n) is 8.56. The van der Waals surface area contributed by atoms with Crippen LogP contribution in [0, 0.1) is 6.92 Å². The zero-order valence-electron chi connectivity index (χ0n) is 19.5. The van der Waals surface area contributed by atoms with E-state index in [2.05, 4.69) is 65.8 Å². The second-order valence-corrected chi connectivity index (χ2v) is 8.56. The summed E-state index contributed by atoms with van der Waals surface area (Å²) in [4.78, 5) is 14.9. The summed E-state index contributed by atoms with van der Waals surface area (Å²) >= 11 is 0. The number of fused-ring (bicyclic) bond motifs is 1. The number of rotatable bonds is 7. The third kappa shape index (κ3) is 5.31. The fourth-order valence-corrected chi connectivity index (χ4v) is 4.39. The van der Waals surface area contributed by atoms with E-state index in [0.717, 1.165) is 25.3 Å². The molecule has 1 heterocycles. The topological polar surface area (TPSA) is 62.8 Å². The van der Waals surface area contributed by atoms with Crippen LogP contribution >= 0.6 is 0 Å². The molecule has 2 amide bonds. The summed E-state index contributed by atoms with van der Waals surface area (Å²) < 4.78 is 11.1. The summed E-state index contributed by atoms with van der Waals surface area (Å²) in [6, 6.07) is 12.5. The van der Waals surface area contributed by atoms with Crippen molar-refractivity contribution in [3.05, 3.63) is 58.7 Å². The molecule has 0 fully saturated rings. The molecule has 0 saturated carbocycles. The van der Waals surface area contributed by atoms with Crippen LogP contribution < -0.4 is 20.1 Å². The van der Waals surface area contributed by atoms with E-state index in [1.165, 1.54) is 22.3 Å². The Morgan fingerprint density at radius 1 is 1.10 bits per heavy atom. The third-order valence-electron chi connectivity index (χ3n) is 5.91. The number of aryl methyl sites for hydroxylation is 1. The molecule has 31 heavy (non-hydrogen) atoms. The van der Waals surface area contributed by atoms with Gasteiger partial charge in [-0.05, 0) is 68.5 Å². The van der Waals surface area contributed by atoms with Gasteiger partial charge < -0.3 is 20.1 Å². The quantitative estimate of drug-likeness (QED) is 0.698. The molecule has 1 aliphatic heterocycles. The molecule has 2 atom stereocenters. The highest BCUT2D eigenvalue weighted by Crippen LogP contribution is 2.40. The first-order valence-electron chi connectivity index (χ1n) is 10.9. The maximum absolute atomic E-state index is 12.5. The van der Waals surface area contributed by atoms with Gasteiger partial charge in [-0.3, -0.25) is 4.90 Å². The fourth-order valence-electron chi connectivity index (χ4n) is 4.39. The van der Waals surface area contributed by atoms with Gasteiger partial charge in [-0.25, -0.2) is 4.79 Å². The number of ether oxygens (including phenoxy) is 2. The minimum absolute atomic E-state index is 0.0149. The first kappa shape index (κ1) is 22.9. The standard InChI is InChI=1S/C25H35N3O3/c1-16(2)26-25(29)27-18(4)24-21-14-23(31-6)22(30-5)13-19(21)11-12-28(24)15-20-10-8-7-9-17(20)3/h7-10,13-14,16,18,24H,11-12,15H2,1-6H3,(H2,26,27,29)/t18-,24+/m1/s1. The average Bonchev–Trinajstić information content (AvgIpc) is 2.73. The highest BCUT2D eigenvalue weighted by atomic mass is 16.5. The minimum atomic E-state index is -0.147. The maximum Gasteiger partial charge on any atom is 0.315 e. The first-order valence-corrected chi connectivity index (χ1v) is 10.9. The van der Waals surface area contributed by atoms with Gasteiger partial charge in [-0.1, -0.05) is 24.3 Å². The van der Waals surface area contributed by atoms with Crippen molar-refractivity contribution >= 4 is 6.03 Å². The number of hydrogen-bond donors (Lipinski definition) is 2. The van der Waals surface area contributed by atoms with Gasteiger partial charge in [0.05, 0.1) is 20.3 Å². The molecule has 2 aromatic rings. The molecule has 6 heteroatoms. The van der Waals surface area contributed by atoms with Crippen LogP contribution in [-0.4, -0.2) is 43.8 Å². The molecule has 2 N–H and O–H groups in total. The average molecular weight is 426 g/mol. The van der Waals surface area contributed by atoms with E-state index >= 15 is 0 Å². The summed E-state index contributed by atoms with van der Waals surface area (Å²) in [6.45, 7) is 9.86. The highest BCUT2D eigenvalue weighted by Gasteiger charge is 2.34. The van der Waals surface area contributed by atoms with E-state index in [1.54, 1.807) is 14.2 Å². The zero-order valence-corrected chi connectivity index (χ0v) is 19.5. The van der Waals surface area contributed by atoms with E-state index in [1.807, 2.05) is 13.8 Å². The summed E-state index contributed by atoms with van der Waals surface area (Å²) in [5.74, 6) is 1.45. The van der Waals surface area contributed by atoms with Gasteiger partial charge in [-0.15, -0.1) is 0 Å². The van der Waals surface area contributed by atoms with Crippen molar-refractivity contribution in [1.82, 2.24) is 15.5 Å². The Kier molecular flexibility index (Phi) is 7.44. The molecule has 2 aromatic carbocycles. The molecular weight excluding hydrogens is 390 g/mol. The molecular formula is C25H35N3O3. The predicted molar refractivity (Wildman–Crippen MR) is 124 cm³/mol. The largest absolute Gasteiger partial charge is 0.493 e. The Balaban J connectivity index is 1.97. The Morgan fingerprint density at radius 3 is 2.42 bits per heavy atom. The van der Waals surface area contributed by atoms with Crippen LogP contribution in [0.3, 0.4) is 0 Å². The molecule has 0 radical (unpaired) electrons. The molecule has 1 aliphatic rings. The zero-order chi connectivity index (χ0) is 22.5. The van der Waals surface area contributed by atoms with Crippen molar-refractivity contribution in [2.45, 2.75) is 58.8 Å². The van der Waals surface area contributed by atoms with Gasteiger partial charge in [0.2, 0.25) is 0 Å². The fraction of sp³-hybridized carbons (Fsp3) is 0.480. The monoisotopic (exact) mass is 425 g/mol. The van der Waals surface area contributed by atoms with Crippen molar-refractivity contribution < 1.29 is 14.3 Å². The van der Waals surface area contributed by atoms with Crippen LogP contribution in [0.1, 0.15) is 49.1 Å². The van der Waals surface area contributed by atoms with E-state index < -0.39 is 0 Å². The SMILES string of the molecule is COc1cc2c(cc1OC)[C@H]([C@@H](C)NC(=O)NC(C)C)N(Cc1ccccc1C)CC2. The molecule has 0 aliphatic carbocycles. The number of benzene rings is 2. The van der Waals surface area contributed by atoms with Crippen LogP contribution in [0.4, 0.5) is 4.79 Å². The molecule has 6 nitrogen and oxygen atoms in total.